The Hall–Kier alpha value is -4.73. The summed E-state index contributed by atoms with van der Waals surface area (Å²) in [5.74, 6) is 2.04. The van der Waals surface area contributed by atoms with Crippen LogP contribution in [0.15, 0.2) is 108 Å². The van der Waals surface area contributed by atoms with Gasteiger partial charge in [-0.1, -0.05) is 48.5 Å². The molecule has 0 spiro atoms. The van der Waals surface area contributed by atoms with Gasteiger partial charge in [0.05, 0.1) is 28.5 Å². The van der Waals surface area contributed by atoms with Crippen molar-refractivity contribution in [2.24, 2.45) is 0 Å². The van der Waals surface area contributed by atoms with Crippen molar-refractivity contribution in [3.8, 4) is 34.1 Å². The lowest BCUT2D eigenvalue weighted by atomic mass is 10.1. The number of nitrogens with zero attached hydrogens (tertiary/aromatic N) is 6. The fourth-order valence-corrected chi connectivity index (χ4v) is 6.38. The first-order valence-electron chi connectivity index (χ1n) is 14.6. The van der Waals surface area contributed by atoms with Crippen molar-refractivity contribution in [2.45, 2.75) is 6.54 Å². The van der Waals surface area contributed by atoms with E-state index >= 15 is 0 Å². The van der Waals surface area contributed by atoms with Crippen LogP contribution in [-0.2, 0) is 6.54 Å². The summed E-state index contributed by atoms with van der Waals surface area (Å²) in [5.41, 5.74) is 14.0. The van der Waals surface area contributed by atoms with Crippen LogP contribution in [0.2, 0.25) is 0 Å². The predicted molar refractivity (Wildman–Crippen MR) is 180 cm³/mol. The lowest BCUT2D eigenvalue weighted by Crippen LogP contribution is -2.46. The maximum Gasteiger partial charge on any atom is 0.165 e. The Balaban J connectivity index is 1.16. The summed E-state index contributed by atoms with van der Waals surface area (Å²) in [4.78, 5) is 19.3. The van der Waals surface area contributed by atoms with E-state index in [4.69, 9.17) is 20.4 Å². The number of benzene rings is 3. The van der Waals surface area contributed by atoms with Crippen LogP contribution in [-0.4, -0.2) is 57.7 Å². The molecule has 3 aromatic heterocycles. The Morgan fingerprint density at radius 1 is 0.818 bits per heavy atom. The van der Waals surface area contributed by atoms with E-state index in [2.05, 4.69) is 83.8 Å². The average molecular weight is 647 g/mol. The van der Waals surface area contributed by atoms with Gasteiger partial charge in [-0.05, 0) is 70.0 Å². The minimum absolute atomic E-state index is 0.434. The molecule has 1 aliphatic heterocycles. The van der Waals surface area contributed by atoms with E-state index in [0.29, 0.717) is 5.82 Å². The van der Waals surface area contributed by atoms with Crippen molar-refractivity contribution in [1.29, 1.82) is 0 Å². The number of nitrogens with two attached hydrogens (primary N) is 1. The molecule has 4 heterocycles. The summed E-state index contributed by atoms with van der Waals surface area (Å²) in [5, 5.41) is 0. The van der Waals surface area contributed by atoms with E-state index < -0.39 is 0 Å². The van der Waals surface area contributed by atoms with Gasteiger partial charge in [0.2, 0.25) is 0 Å². The van der Waals surface area contributed by atoms with Gasteiger partial charge in [0.15, 0.2) is 17.2 Å². The third kappa shape index (κ3) is 5.40. The van der Waals surface area contributed by atoms with Gasteiger partial charge in [-0.15, -0.1) is 0 Å². The first kappa shape index (κ1) is 28.1. The van der Waals surface area contributed by atoms with E-state index in [9.17, 15) is 0 Å². The molecule has 1 saturated heterocycles. The number of anilines is 2. The predicted octanol–water partition coefficient (Wildman–Crippen LogP) is 6.83. The van der Waals surface area contributed by atoms with E-state index in [1.54, 1.807) is 13.3 Å². The van der Waals surface area contributed by atoms with Crippen molar-refractivity contribution >= 4 is 38.6 Å². The second kappa shape index (κ2) is 12.1. The Kier molecular flexibility index (Phi) is 7.72. The highest BCUT2D eigenvalue weighted by Crippen LogP contribution is 2.36. The Morgan fingerprint density at radius 3 is 2.36 bits per heavy atom. The second-order valence-electron chi connectivity index (χ2n) is 10.8. The molecule has 44 heavy (non-hydrogen) atoms. The highest BCUT2D eigenvalue weighted by molar-refractivity contribution is 9.10. The number of piperazine rings is 1. The monoisotopic (exact) mass is 645 g/mol. The fourth-order valence-electron chi connectivity index (χ4n) is 5.86. The van der Waals surface area contributed by atoms with Crippen LogP contribution in [0.25, 0.3) is 39.5 Å². The lowest BCUT2D eigenvalue weighted by molar-refractivity contribution is 0.249. The zero-order valence-electron chi connectivity index (χ0n) is 24.4. The average Bonchev–Trinajstić information content (AvgIpc) is 3.44. The molecular formula is C35H32BrN7O. The van der Waals surface area contributed by atoms with Crippen molar-refractivity contribution < 1.29 is 4.74 Å². The number of para-hydroxylation sites is 1. The number of aromatic nitrogens is 4. The Morgan fingerprint density at radius 2 is 1.61 bits per heavy atom. The summed E-state index contributed by atoms with van der Waals surface area (Å²) in [6, 6.07) is 33.0. The molecule has 1 fully saturated rings. The topological polar surface area (TPSA) is 85.3 Å². The van der Waals surface area contributed by atoms with Gasteiger partial charge in [-0.25, -0.2) is 15.0 Å². The van der Waals surface area contributed by atoms with E-state index in [-0.39, 0.29) is 0 Å². The number of methoxy groups -OCH3 is 1. The van der Waals surface area contributed by atoms with Crippen LogP contribution in [0.1, 0.15) is 5.56 Å². The first-order valence-corrected chi connectivity index (χ1v) is 15.4. The van der Waals surface area contributed by atoms with E-state index in [1.807, 2.05) is 48.5 Å². The second-order valence-corrected chi connectivity index (χ2v) is 11.7. The smallest absolute Gasteiger partial charge is 0.165 e. The zero-order chi connectivity index (χ0) is 30.0. The van der Waals surface area contributed by atoms with Crippen LogP contribution >= 0.6 is 15.9 Å². The molecule has 8 nitrogen and oxygen atoms in total. The largest absolute Gasteiger partial charge is 0.493 e. The van der Waals surface area contributed by atoms with Gasteiger partial charge in [0.1, 0.15) is 11.3 Å². The van der Waals surface area contributed by atoms with Crippen LogP contribution in [0.5, 0.6) is 5.75 Å². The number of hydrogen-bond donors (Lipinski definition) is 1. The van der Waals surface area contributed by atoms with Gasteiger partial charge < -0.3 is 15.4 Å². The molecule has 220 valence electrons. The Labute approximate surface area is 264 Å². The number of nitrogen functional groups attached to an aromatic ring is 1. The number of ether oxygens (including phenoxy) is 1. The van der Waals surface area contributed by atoms with Crippen LogP contribution in [0.4, 0.5) is 11.5 Å². The van der Waals surface area contributed by atoms with Crippen molar-refractivity contribution in [3.63, 3.8) is 0 Å². The molecular weight excluding hydrogens is 614 g/mol. The SMILES string of the molecule is COc1c(Br)cccc1N1CCN(Cc2ccc(-n3c(-c4cccnc4N)nc4ccc(-c5ccccc5)nc43)cc2)CC1. The summed E-state index contributed by atoms with van der Waals surface area (Å²) in [6.45, 7) is 4.71. The normalized spacial score (nSPS) is 13.8. The molecule has 0 radical (unpaired) electrons. The minimum Gasteiger partial charge on any atom is -0.493 e. The highest BCUT2D eigenvalue weighted by Gasteiger charge is 2.22. The molecule has 0 saturated carbocycles. The third-order valence-electron chi connectivity index (χ3n) is 8.12. The van der Waals surface area contributed by atoms with Crippen molar-refractivity contribution in [2.75, 3.05) is 43.9 Å². The van der Waals surface area contributed by atoms with Gasteiger partial charge in [0.25, 0.3) is 0 Å². The molecule has 0 unspecified atom stereocenters. The number of imidazole rings is 1. The third-order valence-corrected chi connectivity index (χ3v) is 8.74. The van der Waals surface area contributed by atoms with Gasteiger partial charge in [0, 0.05) is 50.2 Å². The first-order chi connectivity index (χ1) is 21.6. The molecule has 0 aliphatic carbocycles. The van der Waals surface area contributed by atoms with Crippen molar-refractivity contribution in [3.05, 3.63) is 113 Å². The number of fused-ring (bicyclic) bond motifs is 1. The minimum atomic E-state index is 0.434. The van der Waals surface area contributed by atoms with Gasteiger partial charge in [-0.3, -0.25) is 9.47 Å². The highest BCUT2D eigenvalue weighted by atomic mass is 79.9. The molecule has 2 N–H and O–H groups in total. The number of halogens is 1. The molecule has 6 aromatic rings. The van der Waals surface area contributed by atoms with Gasteiger partial charge in [-0.2, -0.15) is 0 Å². The van der Waals surface area contributed by atoms with Crippen molar-refractivity contribution in [1.82, 2.24) is 24.4 Å². The maximum atomic E-state index is 6.34. The number of rotatable bonds is 7. The molecule has 9 heteroatoms. The summed E-state index contributed by atoms with van der Waals surface area (Å²) >= 11 is 3.62. The van der Waals surface area contributed by atoms with Crippen LogP contribution in [0.3, 0.4) is 0 Å². The van der Waals surface area contributed by atoms with E-state index in [1.165, 1.54) is 5.56 Å². The maximum absolute atomic E-state index is 6.34. The Bertz CT molecular complexity index is 1920. The molecule has 3 aromatic carbocycles. The fraction of sp³-hybridized carbons (Fsp3) is 0.171. The van der Waals surface area contributed by atoms with Crippen LogP contribution < -0.4 is 15.4 Å². The lowest BCUT2D eigenvalue weighted by Gasteiger charge is -2.36. The quantitative estimate of drug-likeness (QED) is 0.204. The van der Waals surface area contributed by atoms with E-state index in [0.717, 1.165) is 88.1 Å². The molecule has 0 bridgehead atoms. The van der Waals surface area contributed by atoms with Gasteiger partial charge >= 0.3 is 0 Å². The summed E-state index contributed by atoms with van der Waals surface area (Å²) in [6.07, 6.45) is 1.70. The molecule has 1 aliphatic rings. The molecule has 0 atom stereocenters. The molecule has 7 rings (SSSR count). The number of hydrogen-bond acceptors (Lipinski definition) is 7. The van der Waals surface area contributed by atoms with Crippen LogP contribution in [0, 0.1) is 0 Å². The zero-order valence-corrected chi connectivity index (χ0v) is 26.0. The standard InChI is InChI=1S/C35H32BrN7O/c1-44-32-28(36)10-5-11-31(32)42-21-19-41(20-22-42)23-24-12-14-26(15-13-24)43-34(27-9-6-18-38-33(27)37)40-30-17-16-29(39-35(30)43)25-7-3-2-4-8-25/h2-18H,19-23H2,1H3,(H2,37,38). The molecule has 0 amide bonds. The number of pyridine rings is 2. The summed E-state index contributed by atoms with van der Waals surface area (Å²) < 4.78 is 8.73. The summed E-state index contributed by atoms with van der Waals surface area (Å²) in [7, 11) is 1.73.